The fourth-order valence-electron chi connectivity index (χ4n) is 1.89. The summed E-state index contributed by atoms with van der Waals surface area (Å²) in [4.78, 5) is 7.63. The Morgan fingerprint density at radius 2 is 1.91 bits per heavy atom. The van der Waals surface area contributed by atoms with Gasteiger partial charge in [0.2, 0.25) is 0 Å². The molecule has 0 unspecified atom stereocenters. The van der Waals surface area contributed by atoms with E-state index in [4.69, 9.17) is 0 Å². The standard InChI is InChI=1S/C15H25F3N4S/c1-14(2,3)7-5-6-8-20-13(19-4)21-9-12-22-11(10-23-12)15(16,17)18/h10H,5-9H2,1-4H3,(H2,19,20,21). The highest BCUT2D eigenvalue weighted by Crippen LogP contribution is 2.29. The van der Waals surface area contributed by atoms with E-state index < -0.39 is 11.9 Å². The zero-order valence-electron chi connectivity index (χ0n) is 14.0. The third-order valence-corrected chi connectivity index (χ3v) is 3.97. The van der Waals surface area contributed by atoms with Gasteiger partial charge in [-0.15, -0.1) is 11.3 Å². The molecule has 0 aliphatic rings. The fraction of sp³-hybridized carbons (Fsp3) is 0.733. The third-order valence-electron chi connectivity index (χ3n) is 3.12. The second kappa shape index (κ2) is 8.52. The number of guanidine groups is 1. The minimum absolute atomic E-state index is 0.225. The van der Waals surface area contributed by atoms with Gasteiger partial charge in [0.25, 0.3) is 0 Å². The Hall–Kier alpha value is -1.31. The molecule has 0 aromatic carbocycles. The molecule has 2 N–H and O–H groups in total. The van der Waals surface area contributed by atoms with Crippen molar-refractivity contribution in [1.82, 2.24) is 15.6 Å². The molecule has 8 heteroatoms. The average molecular weight is 350 g/mol. The Kier molecular flexibility index (Phi) is 7.31. The van der Waals surface area contributed by atoms with E-state index >= 15 is 0 Å². The van der Waals surface area contributed by atoms with Crippen LogP contribution in [0.4, 0.5) is 13.2 Å². The van der Waals surface area contributed by atoms with Crippen molar-refractivity contribution in [3.63, 3.8) is 0 Å². The summed E-state index contributed by atoms with van der Waals surface area (Å²) in [6.07, 6.45) is -1.09. The minimum atomic E-state index is -4.39. The molecule has 4 nitrogen and oxygen atoms in total. The second-order valence-corrected chi connectivity index (χ2v) is 7.44. The summed E-state index contributed by atoms with van der Waals surface area (Å²) in [5.41, 5.74) is -0.509. The van der Waals surface area contributed by atoms with Crippen LogP contribution in [0.5, 0.6) is 0 Å². The molecule has 1 aromatic rings. The highest BCUT2D eigenvalue weighted by atomic mass is 32.1. The summed E-state index contributed by atoms with van der Waals surface area (Å²) in [6.45, 7) is 7.64. The SMILES string of the molecule is CN=C(NCCCCC(C)(C)C)NCc1nc(C(F)(F)F)cs1. The zero-order valence-corrected chi connectivity index (χ0v) is 14.9. The fourth-order valence-corrected chi connectivity index (χ4v) is 2.63. The van der Waals surface area contributed by atoms with Gasteiger partial charge in [-0.3, -0.25) is 4.99 Å². The van der Waals surface area contributed by atoms with E-state index in [-0.39, 0.29) is 6.54 Å². The quantitative estimate of drug-likeness (QED) is 0.462. The van der Waals surface area contributed by atoms with Crippen LogP contribution in [0.1, 0.15) is 50.7 Å². The summed E-state index contributed by atoms with van der Waals surface area (Å²) in [5, 5.41) is 7.54. The van der Waals surface area contributed by atoms with Gasteiger partial charge in [-0.1, -0.05) is 27.2 Å². The van der Waals surface area contributed by atoms with Gasteiger partial charge >= 0.3 is 6.18 Å². The number of hydrogen-bond donors (Lipinski definition) is 2. The number of nitrogens with one attached hydrogen (secondary N) is 2. The van der Waals surface area contributed by atoms with E-state index in [1.54, 1.807) is 7.05 Å². The van der Waals surface area contributed by atoms with Gasteiger partial charge in [0.1, 0.15) is 5.01 Å². The van der Waals surface area contributed by atoms with Crippen LogP contribution in [0, 0.1) is 5.41 Å². The number of unbranched alkanes of at least 4 members (excludes halogenated alkanes) is 1. The predicted molar refractivity (Wildman–Crippen MR) is 88.6 cm³/mol. The predicted octanol–water partition coefficient (Wildman–Crippen LogP) is 4.04. The van der Waals surface area contributed by atoms with Crippen molar-refractivity contribution in [3.8, 4) is 0 Å². The van der Waals surface area contributed by atoms with Crippen molar-refractivity contribution in [3.05, 3.63) is 16.1 Å². The first-order valence-electron chi connectivity index (χ1n) is 7.58. The van der Waals surface area contributed by atoms with Gasteiger partial charge in [0.05, 0.1) is 6.54 Å². The molecule has 0 radical (unpaired) electrons. The average Bonchev–Trinajstić information content (AvgIpc) is 2.89. The molecular formula is C15H25F3N4S. The molecule has 0 fully saturated rings. The van der Waals surface area contributed by atoms with Crippen molar-refractivity contribution in [2.75, 3.05) is 13.6 Å². The lowest BCUT2D eigenvalue weighted by Gasteiger charge is -2.18. The third kappa shape index (κ3) is 8.20. The molecule has 132 valence electrons. The van der Waals surface area contributed by atoms with Crippen LogP contribution in [-0.4, -0.2) is 24.5 Å². The number of rotatable bonds is 6. The van der Waals surface area contributed by atoms with Crippen LogP contribution in [0.15, 0.2) is 10.4 Å². The van der Waals surface area contributed by atoms with Crippen LogP contribution < -0.4 is 10.6 Å². The van der Waals surface area contributed by atoms with Gasteiger partial charge in [0.15, 0.2) is 11.7 Å². The van der Waals surface area contributed by atoms with E-state index in [0.29, 0.717) is 16.4 Å². The summed E-state index contributed by atoms with van der Waals surface area (Å²) < 4.78 is 37.4. The minimum Gasteiger partial charge on any atom is -0.356 e. The van der Waals surface area contributed by atoms with Crippen molar-refractivity contribution < 1.29 is 13.2 Å². The summed E-state index contributed by atoms with van der Waals surface area (Å²) >= 11 is 0.987. The molecule has 1 heterocycles. The molecule has 0 aliphatic heterocycles. The zero-order chi connectivity index (χ0) is 17.5. The Bertz CT molecular complexity index is 504. The van der Waals surface area contributed by atoms with Crippen LogP contribution in [0.25, 0.3) is 0 Å². The van der Waals surface area contributed by atoms with Gasteiger partial charge in [-0.25, -0.2) is 4.98 Å². The molecule has 0 amide bonds. The smallest absolute Gasteiger partial charge is 0.356 e. The molecule has 0 bridgehead atoms. The topological polar surface area (TPSA) is 49.3 Å². The van der Waals surface area contributed by atoms with Gasteiger partial charge in [-0.2, -0.15) is 13.2 Å². The number of aromatic nitrogens is 1. The van der Waals surface area contributed by atoms with Crippen LogP contribution in [-0.2, 0) is 12.7 Å². The molecule has 0 spiro atoms. The number of thiazole rings is 1. The highest BCUT2D eigenvalue weighted by Gasteiger charge is 2.33. The summed E-state index contributed by atoms with van der Waals surface area (Å²) in [5.74, 6) is 0.574. The Morgan fingerprint density at radius 1 is 1.22 bits per heavy atom. The van der Waals surface area contributed by atoms with E-state index in [1.807, 2.05) is 0 Å². The second-order valence-electron chi connectivity index (χ2n) is 6.49. The molecule has 1 rings (SSSR count). The van der Waals surface area contributed by atoms with Crippen LogP contribution >= 0.6 is 11.3 Å². The highest BCUT2D eigenvalue weighted by molar-refractivity contribution is 7.09. The molecule has 0 saturated heterocycles. The lowest BCUT2D eigenvalue weighted by atomic mass is 9.90. The molecule has 0 atom stereocenters. The number of aliphatic imine (C=N–C) groups is 1. The summed E-state index contributed by atoms with van der Waals surface area (Å²) in [7, 11) is 1.63. The van der Waals surface area contributed by atoms with Gasteiger partial charge < -0.3 is 10.6 Å². The van der Waals surface area contributed by atoms with Crippen molar-refractivity contribution in [2.45, 2.75) is 52.8 Å². The maximum atomic E-state index is 12.5. The van der Waals surface area contributed by atoms with Gasteiger partial charge in [0, 0.05) is 19.0 Å². The van der Waals surface area contributed by atoms with Crippen LogP contribution in [0.3, 0.4) is 0 Å². The van der Waals surface area contributed by atoms with E-state index in [1.165, 1.54) is 0 Å². The Balaban J connectivity index is 2.30. The normalized spacial score (nSPS) is 13.3. The lowest BCUT2D eigenvalue weighted by molar-refractivity contribution is -0.140. The maximum absolute atomic E-state index is 12.5. The Labute approximate surface area is 139 Å². The van der Waals surface area contributed by atoms with Crippen LogP contribution in [0.2, 0.25) is 0 Å². The first-order chi connectivity index (χ1) is 10.6. The van der Waals surface area contributed by atoms with Crippen molar-refractivity contribution in [1.29, 1.82) is 0 Å². The van der Waals surface area contributed by atoms with E-state index in [9.17, 15) is 13.2 Å². The lowest BCUT2D eigenvalue weighted by Crippen LogP contribution is -2.37. The van der Waals surface area contributed by atoms with Gasteiger partial charge in [-0.05, 0) is 18.3 Å². The Morgan fingerprint density at radius 3 is 2.43 bits per heavy atom. The van der Waals surface area contributed by atoms with E-state index in [2.05, 4.69) is 41.4 Å². The number of hydrogen-bond acceptors (Lipinski definition) is 3. The number of alkyl halides is 3. The first kappa shape index (κ1) is 19.7. The van der Waals surface area contributed by atoms with E-state index in [0.717, 1.165) is 42.5 Å². The maximum Gasteiger partial charge on any atom is 0.434 e. The number of nitrogens with zero attached hydrogens (tertiary/aromatic N) is 2. The largest absolute Gasteiger partial charge is 0.434 e. The number of halogens is 3. The molecule has 0 aliphatic carbocycles. The summed E-state index contributed by atoms with van der Waals surface area (Å²) in [6, 6.07) is 0. The molecule has 1 aromatic heterocycles. The molecule has 23 heavy (non-hydrogen) atoms. The molecular weight excluding hydrogens is 325 g/mol. The van der Waals surface area contributed by atoms with Crippen molar-refractivity contribution in [2.24, 2.45) is 10.4 Å². The first-order valence-corrected chi connectivity index (χ1v) is 8.46. The van der Waals surface area contributed by atoms with Crippen molar-refractivity contribution >= 4 is 17.3 Å². The molecule has 0 saturated carbocycles. The monoisotopic (exact) mass is 350 g/mol.